The molecule has 1 N–H and O–H groups in total. The van der Waals surface area contributed by atoms with Gasteiger partial charge in [-0.05, 0) is 35.8 Å². The van der Waals surface area contributed by atoms with Gasteiger partial charge in [0, 0.05) is 29.2 Å². The summed E-state index contributed by atoms with van der Waals surface area (Å²) in [4.78, 5) is 22.9. The zero-order chi connectivity index (χ0) is 14.6. The number of carbonyl (C=O) groups is 1. The Morgan fingerprint density at radius 3 is 2.63 bits per heavy atom. The zero-order valence-electron chi connectivity index (χ0n) is 10.7. The van der Waals surface area contributed by atoms with Crippen LogP contribution in [0.15, 0.2) is 22.7 Å². The van der Waals surface area contributed by atoms with Gasteiger partial charge in [0.25, 0.3) is 5.69 Å². The van der Waals surface area contributed by atoms with Gasteiger partial charge in [0.05, 0.1) is 17.0 Å². The summed E-state index contributed by atoms with van der Waals surface area (Å²) in [5, 5.41) is 19.5. The first-order chi connectivity index (χ1) is 8.86. The second-order valence-electron chi connectivity index (χ2n) is 4.13. The highest BCUT2D eigenvalue weighted by Crippen LogP contribution is 2.31. The van der Waals surface area contributed by atoms with Crippen LogP contribution in [0.1, 0.15) is 20.3 Å². The molecular formula is C12H15BrN2O4. The first-order valence-electron chi connectivity index (χ1n) is 5.79. The molecule has 0 fully saturated rings. The Morgan fingerprint density at radius 2 is 2.21 bits per heavy atom. The smallest absolute Gasteiger partial charge is 0.305 e. The normalized spacial score (nSPS) is 11.9. The standard InChI is InChI=1S/C12H15BrN2O4/c1-3-14(8(2)6-12(16)17)11-5-4-9(15(18)19)7-10(11)13/h4-5,7-8H,3,6H2,1-2H3,(H,16,17). The number of carboxylic acids is 1. The fourth-order valence-electron chi connectivity index (χ4n) is 1.92. The molecule has 1 unspecified atom stereocenters. The number of halogens is 1. The van der Waals surface area contributed by atoms with Crippen molar-refractivity contribution < 1.29 is 14.8 Å². The van der Waals surface area contributed by atoms with Gasteiger partial charge in [-0.25, -0.2) is 0 Å². The number of nitro groups is 1. The van der Waals surface area contributed by atoms with Crippen LogP contribution in [0.25, 0.3) is 0 Å². The van der Waals surface area contributed by atoms with Gasteiger partial charge in [-0.3, -0.25) is 14.9 Å². The van der Waals surface area contributed by atoms with Crippen LogP contribution in [0.3, 0.4) is 0 Å². The van der Waals surface area contributed by atoms with Gasteiger partial charge in [-0.1, -0.05) is 0 Å². The summed E-state index contributed by atoms with van der Waals surface area (Å²) in [6.45, 7) is 4.34. The third kappa shape index (κ3) is 3.92. The average molecular weight is 331 g/mol. The SMILES string of the molecule is CCN(c1ccc([N+](=O)[O-])cc1Br)C(C)CC(=O)O. The predicted molar refractivity (Wildman–Crippen MR) is 75.5 cm³/mol. The maximum absolute atomic E-state index is 10.8. The van der Waals surface area contributed by atoms with E-state index in [1.165, 1.54) is 12.1 Å². The number of hydrogen-bond donors (Lipinski definition) is 1. The third-order valence-corrected chi connectivity index (χ3v) is 3.43. The molecule has 0 spiro atoms. The van der Waals surface area contributed by atoms with Crippen molar-refractivity contribution in [1.29, 1.82) is 0 Å². The van der Waals surface area contributed by atoms with E-state index in [1.54, 1.807) is 6.07 Å². The molecule has 0 aromatic heterocycles. The number of nitro benzene ring substituents is 1. The van der Waals surface area contributed by atoms with Gasteiger partial charge < -0.3 is 10.0 Å². The molecule has 0 aliphatic carbocycles. The van der Waals surface area contributed by atoms with Crippen molar-refractivity contribution in [2.45, 2.75) is 26.3 Å². The minimum absolute atomic E-state index is 0.00225. The lowest BCUT2D eigenvalue weighted by atomic mass is 10.1. The van der Waals surface area contributed by atoms with E-state index in [2.05, 4.69) is 15.9 Å². The number of hydrogen-bond acceptors (Lipinski definition) is 4. The summed E-state index contributed by atoms with van der Waals surface area (Å²) in [6, 6.07) is 4.27. The second-order valence-corrected chi connectivity index (χ2v) is 4.98. The summed E-state index contributed by atoms with van der Waals surface area (Å²) in [7, 11) is 0. The van der Waals surface area contributed by atoms with E-state index in [1.807, 2.05) is 18.7 Å². The largest absolute Gasteiger partial charge is 0.481 e. The van der Waals surface area contributed by atoms with Crippen LogP contribution in [0.5, 0.6) is 0 Å². The minimum atomic E-state index is -0.871. The quantitative estimate of drug-likeness (QED) is 0.640. The molecule has 6 nitrogen and oxygen atoms in total. The Labute approximate surface area is 119 Å². The molecule has 1 rings (SSSR count). The highest BCUT2D eigenvalue weighted by molar-refractivity contribution is 9.10. The number of aliphatic carboxylic acids is 1. The number of anilines is 1. The molecule has 0 saturated heterocycles. The zero-order valence-corrected chi connectivity index (χ0v) is 12.3. The molecule has 1 aromatic rings. The Morgan fingerprint density at radius 1 is 1.58 bits per heavy atom. The van der Waals surface area contributed by atoms with Gasteiger partial charge in [0.2, 0.25) is 0 Å². The van der Waals surface area contributed by atoms with Crippen LogP contribution in [0.2, 0.25) is 0 Å². The van der Waals surface area contributed by atoms with Crippen LogP contribution in [0, 0.1) is 10.1 Å². The molecule has 1 atom stereocenters. The lowest BCUT2D eigenvalue weighted by molar-refractivity contribution is -0.384. The number of rotatable bonds is 6. The van der Waals surface area contributed by atoms with Crippen LogP contribution in [-0.2, 0) is 4.79 Å². The predicted octanol–water partition coefficient (Wildman–Crippen LogP) is 3.05. The summed E-state index contributed by atoms with van der Waals surface area (Å²) >= 11 is 3.30. The molecule has 0 aliphatic rings. The monoisotopic (exact) mass is 330 g/mol. The maximum Gasteiger partial charge on any atom is 0.305 e. The Hall–Kier alpha value is -1.63. The van der Waals surface area contributed by atoms with Gasteiger partial charge in [0.15, 0.2) is 0 Å². The summed E-state index contributed by atoms with van der Waals surface area (Å²) in [5.74, 6) is -0.871. The van der Waals surface area contributed by atoms with E-state index < -0.39 is 10.9 Å². The van der Waals surface area contributed by atoms with E-state index in [9.17, 15) is 14.9 Å². The van der Waals surface area contributed by atoms with E-state index in [-0.39, 0.29) is 18.2 Å². The van der Waals surface area contributed by atoms with Crippen molar-refractivity contribution in [2.75, 3.05) is 11.4 Å². The van der Waals surface area contributed by atoms with Gasteiger partial charge in [0.1, 0.15) is 0 Å². The third-order valence-electron chi connectivity index (χ3n) is 2.79. The first-order valence-corrected chi connectivity index (χ1v) is 6.58. The summed E-state index contributed by atoms with van der Waals surface area (Å²) in [6.07, 6.45) is 0.0112. The Kier molecular flexibility index (Phi) is 5.29. The van der Waals surface area contributed by atoms with E-state index in [0.717, 1.165) is 5.69 Å². The van der Waals surface area contributed by atoms with Crippen LogP contribution >= 0.6 is 15.9 Å². The van der Waals surface area contributed by atoms with E-state index >= 15 is 0 Å². The lowest BCUT2D eigenvalue weighted by Crippen LogP contribution is -2.34. The molecule has 0 saturated carbocycles. The van der Waals surface area contributed by atoms with Crippen molar-refractivity contribution in [3.63, 3.8) is 0 Å². The number of benzene rings is 1. The van der Waals surface area contributed by atoms with Gasteiger partial charge in [-0.2, -0.15) is 0 Å². The molecule has 1 aromatic carbocycles. The van der Waals surface area contributed by atoms with Crippen LogP contribution < -0.4 is 4.90 Å². The van der Waals surface area contributed by atoms with Crippen molar-refractivity contribution >= 4 is 33.3 Å². The van der Waals surface area contributed by atoms with Crippen molar-refractivity contribution in [3.8, 4) is 0 Å². The molecule has 19 heavy (non-hydrogen) atoms. The Balaban J connectivity index is 3.05. The molecule has 0 bridgehead atoms. The topological polar surface area (TPSA) is 83.7 Å². The van der Waals surface area contributed by atoms with E-state index in [0.29, 0.717) is 11.0 Å². The minimum Gasteiger partial charge on any atom is -0.481 e. The molecule has 7 heteroatoms. The highest BCUT2D eigenvalue weighted by Gasteiger charge is 2.19. The summed E-state index contributed by atoms with van der Waals surface area (Å²) in [5.41, 5.74) is 0.749. The fourth-order valence-corrected chi connectivity index (χ4v) is 2.52. The van der Waals surface area contributed by atoms with Gasteiger partial charge >= 0.3 is 5.97 Å². The molecular weight excluding hydrogens is 316 g/mol. The fraction of sp³-hybridized carbons (Fsp3) is 0.417. The van der Waals surface area contributed by atoms with Gasteiger partial charge in [-0.15, -0.1) is 0 Å². The number of carboxylic acid groups (broad SMARTS) is 1. The second kappa shape index (κ2) is 6.51. The van der Waals surface area contributed by atoms with Crippen molar-refractivity contribution in [3.05, 3.63) is 32.8 Å². The number of nitrogens with zero attached hydrogens (tertiary/aromatic N) is 2. The van der Waals surface area contributed by atoms with Crippen LogP contribution in [0.4, 0.5) is 11.4 Å². The maximum atomic E-state index is 10.8. The van der Waals surface area contributed by atoms with E-state index in [4.69, 9.17) is 5.11 Å². The van der Waals surface area contributed by atoms with Crippen molar-refractivity contribution in [1.82, 2.24) is 0 Å². The lowest BCUT2D eigenvalue weighted by Gasteiger charge is -2.30. The van der Waals surface area contributed by atoms with Crippen molar-refractivity contribution in [2.24, 2.45) is 0 Å². The Bertz CT molecular complexity index is 493. The molecule has 104 valence electrons. The molecule has 0 amide bonds. The van der Waals surface area contributed by atoms with Crippen LogP contribution in [-0.4, -0.2) is 28.6 Å². The molecule has 0 aliphatic heterocycles. The highest BCUT2D eigenvalue weighted by atomic mass is 79.9. The molecule has 0 heterocycles. The molecule has 0 radical (unpaired) electrons. The first kappa shape index (κ1) is 15.4. The summed E-state index contributed by atoms with van der Waals surface area (Å²) < 4.78 is 0.584. The average Bonchev–Trinajstić information content (AvgIpc) is 2.30. The number of non-ortho nitro benzene ring substituents is 1.